The van der Waals surface area contributed by atoms with Crippen LogP contribution in [0.2, 0.25) is 0 Å². The Hall–Kier alpha value is -1.84. The summed E-state index contributed by atoms with van der Waals surface area (Å²) in [6.45, 7) is 1.03. The molecule has 0 saturated carbocycles. The van der Waals surface area contributed by atoms with Gasteiger partial charge in [-0.15, -0.1) is 0 Å². The fraction of sp³-hybridized carbons (Fsp3) is 0.333. The molecule has 0 spiro atoms. The zero-order valence-electron chi connectivity index (χ0n) is 8.94. The zero-order chi connectivity index (χ0) is 11.1. The van der Waals surface area contributed by atoms with Gasteiger partial charge in [-0.2, -0.15) is 0 Å². The van der Waals surface area contributed by atoms with E-state index in [1.807, 2.05) is 6.07 Å². The molecule has 1 amide bonds. The van der Waals surface area contributed by atoms with E-state index in [0.29, 0.717) is 5.56 Å². The number of rotatable bonds is 1. The first-order chi connectivity index (χ1) is 7.75. The van der Waals surface area contributed by atoms with Crippen molar-refractivity contribution in [1.29, 1.82) is 0 Å². The largest absolute Gasteiger partial charge is 0.366 e. The molecule has 1 aliphatic heterocycles. The van der Waals surface area contributed by atoms with Crippen molar-refractivity contribution in [1.82, 2.24) is 9.55 Å². The van der Waals surface area contributed by atoms with Crippen molar-refractivity contribution in [2.45, 2.75) is 25.8 Å². The van der Waals surface area contributed by atoms with Gasteiger partial charge in [0.15, 0.2) is 0 Å². The lowest BCUT2D eigenvalue weighted by atomic mass is 10.1. The van der Waals surface area contributed by atoms with Crippen LogP contribution in [0.15, 0.2) is 18.2 Å². The van der Waals surface area contributed by atoms with E-state index in [-0.39, 0.29) is 0 Å². The molecule has 3 rings (SSSR count). The van der Waals surface area contributed by atoms with Gasteiger partial charge in [-0.25, -0.2) is 4.98 Å². The van der Waals surface area contributed by atoms with Crippen LogP contribution in [0.5, 0.6) is 0 Å². The highest BCUT2D eigenvalue weighted by molar-refractivity contribution is 5.96. The van der Waals surface area contributed by atoms with Crippen LogP contribution < -0.4 is 5.73 Å². The number of fused-ring (bicyclic) bond motifs is 3. The standard InChI is InChI=1S/C12H13N3O/c13-12(16)8-4-5-10-9(7-8)14-11-3-1-2-6-15(10)11/h4-5,7H,1-3,6H2,(H2,13,16). The van der Waals surface area contributed by atoms with Gasteiger partial charge < -0.3 is 10.3 Å². The highest BCUT2D eigenvalue weighted by Gasteiger charge is 2.15. The molecule has 0 radical (unpaired) electrons. The number of imidazole rings is 1. The van der Waals surface area contributed by atoms with Crippen LogP contribution in [0.1, 0.15) is 29.0 Å². The van der Waals surface area contributed by atoms with Crippen molar-refractivity contribution in [3.63, 3.8) is 0 Å². The SMILES string of the molecule is NC(=O)c1ccc2c(c1)nc1n2CCCC1. The molecule has 0 unspecified atom stereocenters. The fourth-order valence-electron chi connectivity index (χ4n) is 2.33. The van der Waals surface area contributed by atoms with Crippen LogP contribution >= 0.6 is 0 Å². The first-order valence-electron chi connectivity index (χ1n) is 5.55. The van der Waals surface area contributed by atoms with Gasteiger partial charge >= 0.3 is 0 Å². The molecule has 4 heteroatoms. The van der Waals surface area contributed by atoms with Crippen LogP contribution in [-0.2, 0) is 13.0 Å². The summed E-state index contributed by atoms with van der Waals surface area (Å²) in [5, 5.41) is 0. The van der Waals surface area contributed by atoms with Gasteiger partial charge in [-0.3, -0.25) is 4.79 Å². The molecule has 0 fully saturated rings. The molecular weight excluding hydrogens is 202 g/mol. The third-order valence-corrected chi connectivity index (χ3v) is 3.14. The molecule has 0 aliphatic carbocycles. The molecule has 0 bridgehead atoms. The van der Waals surface area contributed by atoms with E-state index in [2.05, 4.69) is 9.55 Å². The first kappa shape index (κ1) is 9.39. The molecular formula is C12H13N3O. The number of amides is 1. The molecule has 1 aromatic carbocycles. The van der Waals surface area contributed by atoms with E-state index in [4.69, 9.17) is 5.73 Å². The first-order valence-corrected chi connectivity index (χ1v) is 5.55. The van der Waals surface area contributed by atoms with E-state index >= 15 is 0 Å². The van der Waals surface area contributed by atoms with Gasteiger partial charge in [0.05, 0.1) is 11.0 Å². The predicted octanol–water partition coefficient (Wildman–Crippen LogP) is 1.47. The Morgan fingerprint density at radius 3 is 3.06 bits per heavy atom. The second-order valence-electron chi connectivity index (χ2n) is 4.20. The number of carbonyl (C=O) groups is 1. The lowest BCUT2D eigenvalue weighted by Crippen LogP contribution is -2.11. The second-order valence-corrected chi connectivity index (χ2v) is 4.20. The normalized spacial score (nSPS) is 15.0. The average molecular weight is 215 g/mol. The van der Waals surface area contributed by atoms with Gasteiger partial charge in [0.1, 0.15) is 5.82 Å². The Morgan fingerprint density at radius 2 is 2.25 bits per heavy atom. The number of hydrogen-bond donors (Lipinski definition) is 1. The van der Waals surface area contributed by atoms with Gasteiger partial charge in [0.25, 0.3) is 0 Å². The Balaban J connectivity index is 2.22. The third-order valence-electron chi connectivity index (χ3n) is 3.14. The van der Waals surface area contributed by atoms with Crippen LogP contribution in [0.3, 0.4) is 0 Å². The minimum atomic E-state index is -0.395. The van der Waals surface area contributed by atoms with Crippen molar-refractivity contribution in [2.75, 3.05) is 0 Å². The second kappa shape index (κ2) is 3.33. The summed E-state index contributed by atoms with van der Waals surface area (Å²) in [7, 11) is 0. The number of aromatic nitrogens is 2. The highest BCUT2D eigenvalue weighted by atomic mass is 16.1. The number of primary amides is 1. The van der Waals surface area contributed by atoms with Crippen molar-refractivity contribution < 1.29 is 4.79 Å². The summed E-state index contributed by atoms with van der Waals surface area (Å²) in [4.78, 5) is 15.6. The molecule has 2 N–H and O–H groups in total. The number of hydrogen-bond acceptors (Lipinski definition) is 2. The van der Waals surface area contributed by atoms with Crippen molar-refractivity contribution in [3.8, 4) is 0 Å². The van der Waals surface area contributed by atoms with Gasteiger partial charge in [-0.05, 0) is 31.0 Å². The summed E-state index contributed by atoms with van der Waals surface area (Å²) in [5.74, 6) is 0.732. The summed E-state index contributed by atoms with van der Waals surface area (Å²) in [6, 6.07) is 5.49. The van der Waals surface area contributed by atoms with Crippen molar-refractivity contribution in [3.05, 3.63) is 29.6 Å². The number of carbonyl (C=O) groups excluding carboxylic acids is 1. The molecule has 0 saturated heterocycles. The highest BCUT2D eigenvalue weighted by Crippen LogP contribution is 2.22. The Morgan fingerprint density at radius 1 is 1.38 bits per heavy atom. The van der Waals surface area contributed by atoms with Crippen molar-refractivity contribution in [2.24, 2.45) is 5.73 Å². The maximum absolute atomic E-state index is 11.1. The van der Waals surface area contributed by atoms with E-state index in [9.17, 15) is 4.79 Å². The van der Waals surface area contributed by atoms with Crippen LogP contribution in [0.25, 0.3) is 11.0 Å². The lowest BCUT2D eigenvalue weighted by molar-refractivity contribution is 0.100. The van der Waals surface area contributed by atoms with Gasteiger partial charge in [0.2, 0.25) is 5.91 Å². The molecule has 1 aliphatic rings. The summed E-state index contributed by atoms with van der Waals surface area (Å²) >= 11 is 0. The average Bonchev–Trinajstić information content (AvgIpc) is 2.66. The molecule has 4 nitrogen and oxygen atoms in total. The predicted molar refractivity (Wildman–Crippen MR) is 61.2 cm³/mol. The molecule has 2 aromatic rings. The van der Waals surface area contributed by atoms with Crippen LogP contribution in [0, 0.1) is 0 Å². The minimum absolute atomic E-state index is 0.395. The quantitative estimate of drug-likeness (QED) is 0.783. The number of aryl methyl sites for hydroxylation is 2. The third kappa shape index (κ3) is 1.30. The van der Waals surface area contributed by atoms with Crippen molar-refractivity contribution >= 4 is 16.9 Å². The molecule has 16 heavy (non-hydrogen) atoms. The minimum Gasteiger partial charge on any atom is -0.366 e. The number of benzene rings is 1. The van der Waals surface area contributed by atoms with E-state index in [1.165, 1.54) is 12.8 Å². The summed E-state index contributed by atoms with van der Waals surface area (Å²) < 4.78 is 2.24. The van der Waals surface area contributed by atoms with Crippen LogP contribution in [0.4, 0.5) is 0 Å². The Bertz CT molecular complexity index is 571. The van der Waals surface area contributed by atoms with E-state index in [1.54, 1.807) is 12.1 Å². The van der Waals surface area contributed by atoms with Crippen LogP contribution in [-0.4, -0.2) is 15.5 Å². The Kier molecular flexibility index (Phi) is 1.96. The number of nitrogens with two attached hydrogens (primary N) is 1. The zero-order valence-corrected chi connectivity index (χ0v) is 8.94. The van der Waals surface area contributed by atoms with Gasteiger partial charge in [0, 0.05) is 18.5 Å². The molecule has 1 aromatic heterocycles. The molecule has 0 atom stereocenters. The number of nitrogens with zero attached hydrogens (tertiary/aromatic N) is 2. The molecule has 2 heterocycles. The maximum Gasteiger partial charge on any atom is 0.248 e. The van der Waals surface area contributed by atoms with Gasteiger partial charge in [-0.1, -0.05) is 0 Å². The topological polar surface area (TPSA) is 60.9 Å². The summed E-state index contributed by atoms with van der Waals surface area (Å²) in [6.07, 6.45) is 3.43. The monoisotopic (exact) mass is 215 g/mol. The van der Waals surface area contributed by atoms with E-state index in [0.717, 1.165) is 29.8 Å². The maximum atomic E-state index is 11.1. The lowest BCUT2D eigenvalue weighted by Gasteiger charge is -2.13. The molecule has 82 valence electrons. The Labute approximate surface area is 93.1 Å². The van der Waals surface area contributed by atoms with E-state index < -0.39 is 5.91 Å². The smallest absolute Gasteiger partial charge is 0.248 e. The fourth-order valence-corrected chi connectivity index (χ4v) is 2.33. The summed E-state index contributed by atoms with van der Waals surface area (Å²) in [5.41, 5.74) is 7.78.